The van der Waals surface area contributed by atoms with Gasteiger partial charge in [0.25, 0.3) is 0 Å². The van der Waals surface area contributed by atoms with E-state index in [1.807, 2.05) is 0 Å². The van der Waals surface area contributed by atoms with E-state index < -0.39 is 0 Å². The van der Waals surface area contributed by atoms with Gasteiger partial charge in [0.15, 0.2) is 0 Å². The van der Waals surface area contributed by atoms with Gasteiger partial charge in [-0.2, -0.15) is 0 Å². The molecule has 0 saturated carbocycles. The Balaban J connectivity index is 1.40. The average Bonchev–Trinajstić information content (AvgIpc) is 2.97. The minimum atomic E-state index is 0.429. The Morgan fingerprint density at radius 2 is 1.95 bits per heavy atom. The number of hydrogen-bond donors (Lipinski definition) is 1. The van der Waals surface area contributed by atoms with Crippen molar-refractivity contribution in [2.45, 2.75) is 44.8 Å². The second kappa shape index (κ2) is 7.39. The predicted octanol–water partition coefficient (Wildman–Crippen LogP) is 2.24. The summed E-state index contributed by atoms with van der Waals surface area (Å²) in [6.07, 6.45) is 5.25. The molecule has 116 valence electrons. The van der Waals surface area contributed by atoms with Crippen molar-refractivity contribution in [1.29, 1.82) is 0 Å². The summed E-state index contributed by atoms with van der Waals surface area (Å²) in [5.41, 5.74) is 3.08. The van der Waals surface area contributed by atoms with Crippen LogP contribution < -0.4 is 5.32 Å². The van der Waals surface area contributed by atoms with Crippen LogP contribution in [0.4, 0.5) is 0 Å². The van der Waals surface area contributed by atoms with Crippen LogP contribution >= 0.6 is 0 Å². The number of nitrogens with one attached hydrogen (secondary N) is 1. The SMILES string of the molecule is CC(NCCN1CCc2ccccc2CC1)C1CCCO1. The first-order chi connectivity index (χ1) is 10.3. The summed E-state index contributed by atoms with van der Waals surface area (Å²) in [7, 11) is 0. The fourth-order valence-corrected chi connectivity index (χ4v) is 3.52. The molecule has 0 bridgehead atoms. The normalized spacial score (nSPS) is 24.5. The van der Waals surface area contributed by atoms with Crippen LogP contribution in [0.2, 0.25) is 0 Å². The van der Waals surface area contributed by atoms with Crippen molar-refractivity contribution in [3.05, 3.63) is 35.4 Å². The lowest BCUT2D eigenvalue weighted by atomic mass is 10.0. The molecule has 0 aromatic heterocycles. The molecule has 2 aliphatic rings. The molecule has 0 spiro atoms. The molecule has 1 aromatic rings. The van der Waals surface area contributed by atoms with E-state index in [9.17, 15) is 0 Å². The minimum Gasteiger partial charge on any atom is -0.377 e. The van der Waals surface area contributed by atoms with Gasteiger partial charge in [0.2, 0.25) is 0 Å². The van der Waals surface area contributed by atoms with Gasteiger partial charge in [-0.15, -0.1) is 0 Å². The molecular weight excluding hydrogens is 260 g/mol. The van der Waals surface area contributed by atoms with E-state index in [2.05, 4.69) is 41.4 Å². The first kappa shape index (κ1) is 15.0. The second-order valence-corrected chi connectivity index (χ2v) is 6.40. The molecule has 1 N–H and O–H groups in total. The third kappa shape index (κ3) is 4.06. The Morgan fingerprint density at radius 3 is 2.57 bits per heavy atom. The molecule has 21 heavy (non-hydrogen) atoms. The highest BCUT2D eigenvalue weighted by atomic mass is 16.5. The largest absolute Gasteiger partial charge is 0.377 e. The van der Waals surface area contributed by atoms with Gasteiger partial charge in [-0.05, 0) is 43.7 Å². The zero-order valence-corrected chi connectivity index (χ0v) is 13.2. The van der Waals surface area contributed by atoms with E-state index in [4.69, 9.17) is 4.74 Å². The van der Waals surface area contributed by atoms with Crippen molar-refractivity contribution < 1.29 is 4.74 Å². The molecule has 2 atom stereocenters. The maximum absolute atomic E-state index is 5.74. The summed E-state index contributed by atoms with van der Waals surface area (Å²) in [4.78, 5) is 2.59. The standard InChI is InChI=1S/C18H28N2O/c1-15(18-7-4-14-21-18)19-10-13-20-11-8-16-5-2-3-6-17(16)9-12-20/h2-3,5-6,15,18-19H,4,7-14H2,1H3. The van der Waals surface area contributed by atoms with Crippen LogP contribution in [0, 0.1) is 0 Å². The van der Waals surface area contributed by atoms with Gasteiger partial charge < -0.3 is 15.0 Å². The Bertz CT molecular complexity index is 416. The van der Waals surface area contributed by atoms with Crippen molar-refractivity contribution in [3.8, 4) is 0 Å². The molecule has 2 heterocycles. The first-order valence-corrected chi connectivity index (χ1v) is 8.47. The van der Waals surface area contributed by atoms with Crippen LogP contribution in [0.3, 0.4) is 0 Å². The lowest BCUT2D eigenvalue weighted by molar-refractivity contribution is 0.0827. The van der Waals surface area contributed by atoms with Crippen LogP contribution in [0.5, 0.6) is 0 Å². The molecule has 0 radical (unpaired) electrons. The second-order valence-electron chi connectivity index (χ2n) is 6.40. The number of ether oxygens (including phenoxy) is 1. The molecule has 2 unspecified atom stereocenters. The average molecular weight is 288 g/mol. The molecule has 2 aliphatic heterocycles. The zero-order chi connectivity index (χ0) is 14.5. The lowest BCUT2D eigenvalue weighted by Crippen LogP contribution is -2.42. The van der Waals surface area contributed by atoms with Crippen LogP contribution in [0.25, 0.3) is 0 Å². The van der Waals surface area contributed by atoms with Crippen molar-refractivity contribution in [2.75, 3.05) is 32.8 Å². The van der Waals surface area contributed by atoms with Gasteiger partial charge >= 0.3 is 0 Å². The van der Waals surface area contributed by atoms with Gasteiger partial charge in [-0.25, -0.2) is 0 Å². The highest BCUT2D eigenvalue weighted by Gasteiger charge is 2.22. The lowest BCUT2D eigenvalue weighted by Gasteiger charge is -2.24. The maximum Gasteiger partial charge on any atom is 0.0726 e. The molecule has 1 aromatic carbocycles. The van der Waals surface area contributed by atoms with Gasteiger partial charge in [0, 0.05) is 38.8 Å². The molecule has 3 heteroatoms. The van der Waals surface area contributed by atoms with E-state index in [0.29, 0.717) is 12.1 Å². The van der Waals surface area contributed by atoms with Crippen LogP contribution in [-0.2, 0) is 17.6 Å². The molecule has 0 amide bonds. The van der Waals surface area contributed by atoms with Crippen LogP contribution in [-0.4, -0.2) is 49.8 Å². The van der Waals surface area contributed by atoms with E-state index in [1.54, 1.807) is 11.1 Å². The molecule has 0 aliphatic carbocycles. The molecule has 1 saturated heterocycles. The predicted molar refractivity (Wildman–Crippen MR) is 86.7 cm³/mol. The van der Waals surface area contributed by atoms with Gasteiger partial charge in [0.1, 0.15) is 0 Å². The van der Waals surface area contributed by atoms with Crippen LogP contribution in [0.15, 0.2) is 24.3 Å². The van der Waals surface area contributed by atoms with Crippen molar-refractivity contribution in [3.63, 3.8) is 0 Å². The summed E-state index contributed by atoms with van der Waals surface area (Å²) in [6, 6.07) is 9.39. The van der Waals surface area contributed by atoms with E-state index >= 15 is 0 Å². The number of nitrogens with zero attached hydrogens (tertiary/aromatic N) is 1. The minimum absolute atomic E-state index is 0.429. The molecular formula is C18H28N2O. The number of hydrogen-bond acceptors (Lipinski definition) is 3. The highest BCUT2D eigenvalue weighted by molar-refractivity contribution is 5.28. The summed E-state index contributed by atoms with van der Waals surface area (Å²) >= 11 is 0. The zero-order valence-electron chi connectivity index (χ0n) is 13.2. The Hall–Kier alpha value is -0.900. The molecule has 3 rings (SSSR count). The number of fused-ring (bicyclic) bond motifs is 1. The van der Waals surface area contributed by atoms with Crippen LogP contribution in [0.1, 0.15) is 30.9 Å². The summed E-state index contributed by atoms with van der Waals surface area (Å²) < 4.78 is 5.74. The van der Waals surface area contributed by atoms with E-state index in [-0.39, 0.29) is 0 Å². The Kier molecular flexibility index (Phi) is 5.28. The molecule has 1 fully saturated rings. The summed E-state index contributed by atoms with van der Waals surface area (Å²) in [6.45, 7) is 7.79. The monoisotopic (exact) mass is 288 g/mol. The van der Waals surface area contributed by atoms with Crippen molar-refractivity contribution in [1.82, 2.24) is 10.2 Å². The number of benzene rings is 1. The van der Waals surface area contributed by atoms with Gasteiger partial charge in [-0.1, -0.05) is 24.3 Å². The van der Waals surface area contributed by atoms with Crippen molar-refractivity contribution >= 4 is 0 Å². The highest BCUT2D eigenvalue weighted by Crippen LogP contribution is 2.16. The maximum atomic E-state index is 5.74. The summed E-state index contributed by atoms with van der Waals surface area (Å²) in [5.74, 6) is 0. The molecule has 3 nitrogen and oxygen atoms in total. The topological polar surface area (TPSA) is 24.5 Å². The van der Waals surface area contributed by atoms with Gasteiger partial charge in [-0.3, -0.25) is 0 Å². The van der Waals surface area contributed by atoms with E-state index in [0.717, 1.165) is 19.7 Å². The quantitative estimate of drug-likeness (QED) is 0.899. The number of rotatable bonds is 5. The van der Waals surface area contributed by atoms with E-state index in [1.165, 1.54) is 38.8 Å². The fraction of sp³-hybridized carbons (Fsp3) is 0.667. The van der Waals surface area contributed by atoms with Gasteiger partial charge in [0.05, 0.1) is 6.10 Å². The third-order valence-corrected chi connectivity index (χ3v) is 4.93. The third-order valence-electron chi connectivity index (χ3n) is 4.93. The van der Waals surface area contributed by atoms with Crippen molar-refractivity contribution in [2.24, 2.45) is 0 Å². The Labute approximate surface area is 128 Å². The smallest absolute Gasteiger partial charge is 0.0726 e. The fourth-order valence-electron chi connectivity index (χ4n) is 3.52. The Morgan fingerprint density at radius 1 is 1.24 bits per heavy atom. The summed E-state index contributed by atoms with van der Waals surface area (Å²) in [5, 5.41) is 3.65. The first-order valence-electron chi connectivity index (χ1n) is 8.47.